The van der Waals surface area contributed by atoms with Crippen molar-refractivity contribution < 1.29 is 9.53 Å². The summed E-state index contributed by atoms with van der Waals surface area (Å²) in [6.07, 6.45) is 4.65. The number of ether oxygens (including phenoxy) is 1. The van der Waals surface area contributed by atoms with Crippen LogP contribution in [0.15, 0.2) is 12.1 Å². The summed E-state index contributed by atoms with van der Waals surface area (Å²) < 4.78 is 5.43. The van der Waals surface area contributed by atoms with Crippen LogP contribution in [0, 0.1) is 6.92 Å². The van der Waals surface area contributed by atoms with E-state index in [-0.39, 0.29) is 5.91 Å². The number of amides is 1. The van der Waals surface area contributed by atoms with Crippen molar-refractivity contribution in [3.8, 4) is 0 Å². The minimum atomic E-state index is 0.134. The van der Waals surface area contributed by atoms with Crippen molar-refractivity contribution in [2.45, 2.75) is 44.7 Å². The molecule has 2 bridgehead atoms. The molecule has 118 valence electrons. The smallest absolute Gasteiger partial charge is 0.275 e. The number of aromatic nitrogens is 1. The Hall–Kier alpha value is -1.62. The number of aryl methyl sites for hydroxylation is 1. The normalized spacial score (nSPS) is 27.5. The number of carbonyl (C=O) groups is 1. The Labute approximate surface area is 131 Å². The first-order valence-corrected chi connectivity index (χ1v) is 8.37. The van der Waals surface area contributed by atoms with Gasteiger partial charge in [-0.15, -0.1) is 0 Å². The molecule has 22 heavy (non-hydrogen) atoms. The third-order valence-electron chi connectivity index (χ3n) is 5.26. The van der Waals surface area contributed by atoms with Crippen LogP contribution in [0.2, 0.25) is 0 Å². The third-order valence-corrected chi connectivity index (χ3v) is 5.26. The highest BCUT2D eigenvalue weighted by molar-refractivity contribution is 5.98. The van der Waals surface area contributed by atoms with Crippen LogP contribution in [0.4, 0.5) is 5.69 Å². The van der Waals surface area contributed by atoms with Gasteiger partial charge in [0.1, 0.15) is 0 Å². The first-order chi connectivity index (χ1) is 10.7. The van der Waals surface area contributed by atoms with E-state index < -0.39 is 0 Å². The van der Waals surface area contributed by atoms with Gasteiger partial charge in [0, 0.05) is 30.9 Å². The van der Waals surface area contributed by atoms with Gasteiger partial charge in [0.15, 0.2) is 5.69 Å². The SMILES string of the molecule is Cc1ccc(N2CCOCC2)c(C(=O)N2C3CCC2CC3)n1. The van der Waals surface area contributed by atoms with E-state index in [2.05, 4.69) is 20.9 Å². The van der Waals surface area contributed by atoms with Crippen LogP contribution in [-0.4, -0.2) is 54.2 Å². The minimum Gasteiger partial charge on any atom is -0.378 e. The summed E-state index contributed by atoms with van der Waals surface area (Å²) in [7, 11) is 0. The fraction of sp³-hybridized carbons (Fsp3) is 0.647. The highest BCUT2D eigenvalue weighted by Crippen LogP contribution is 2.39. The van der Waals surface area contributed by atoms with E-state index in [0.717, 1.165) is 63.4 Å². The van der Waals surface area contributed by atoms with Crippen LogP contribution in [-0.2, 0) is 4.74 Å². The van der Waals surface area contributed by atoms with Crippen molar-refractivity contribution >= 4 is 11.6 Å². The lowest BCUT2D eigenvalue weighted by Crippen LogP contribution is -2.40. The number of hydrogen-bond donors (Lipinski definition) is 0. The number of nitrogens with zero attached hydrogens (tertiary/aromatic N) is 3. The van der Waals surface area contributed by atoms with Crippen molar-refractivity contribution in [1.29, 1.82) is 0 Å². The first kappa shape index (κ1) is 14.0. The molecule has 1 amide bonds. The van der Waals surface area contributed by atoms with E-state index in [1.54, 1.807) is 0 Å². The van der Waals surface area contributed by atoms with Gasteiger partial charge in [0.2, 0.25) is 0 Å². The van der Waals surface area contributed by atoms with Crippen LogP contribution < -0.4 is 4.90 Å². The molecule has 3 aliphatic rings. The fourth-order valence-electron chi connectivity index (χ4n) is 4.13. The van der Waals surface area contributed by atoms with Gasteiger partial charge < -0.3 is 14.5 Å². The van der Waals surface area contributed by atoms with Gasteiger partial charge in [-0.25, -0.2) is 4.98 Å². The summed E-state index contributed by atoms with van der Waals surface area (Å²) in [6, 6.07) is 4.94. The summed E-state index contributed by atoms with van der Waals surface area (Å²) in [4.78, 5) is 22.1. The van der Waals surface area contributed by atoms with Crippen molar-refractivity contribution in [3.63, 3.8) is 0 Å². The number of rotatable bonds is 2. The maximum absolute atomic E-state index is 13.1. The second-order valence-corrected chi connectivity index (χ2v) is 6.59. The summed E-state index contributed by atoms with van der Waals surface area (Å²) in [6.45, 7) is 5.06. The molecule has 5 nitrogen and oxygen atoms in total. The number of pyridine rings is 1. The molecule has 0 N–H and O–H groups in total. The van der Waals surface area contributed by atoms with Crippen molar-refractivity contribution in [1.82, 2.24) is 9.88 Å². The van der Waals surface area contributed by atoms with Crippen molar-refractivity contribution in [3.05, 3.63) is 23.5 Å². The zero-order valence-corrected chi connectivity index (χ0v) is 13.1. The molecule has 1 aromatic heterocycles. The maximum atomic E-state index is 13.1. The van der Waals surface area contributed by atoms with Gasteiger partial charge in [0.05, 0.1) is 18.9 Å². The van der Waals surface area contributed by atoms with Crippen LogP contribution in [0.1, 0.15) is 41.9 Å². The van der Waals surface area contributed by atoms with Gasteiger partial charge in [0.25, 0.3) is 5.91 Å². The van der Waals surface area contributed by atoms with E-state index >= 15 is 0 Å². The second-order valence-electron chi connectivity index (χ2n) is 6.59. The molecule has 4 heterocycles. The number of carbonyl (C=O) groups excluding carboxylic acids is 1. The fourth-order valence-corrected chi connectivity index (χ4v) is 4.13. The molecule has 0 atom stereocenters. The number of fused-ring (bicyclic) bond motifs is 2. The Kier molecular flexibility index (Phi) is 3.53. The molecule has 0 aliphatic carbocycles. The van der Waals surface area contributed by atoms with Crippen LogP contribution in [0.5, 0.6) is 0 Å². The maximum Gasteiger partial charge on any atom is 0.275 e. The van der Waals surface area contributed by atoms with E-state index in [4.69, 9.17) is 4.74 Å². The largest absolute Gasteiger partial charge is 0.378 e. The molecule has 0 unspecified atom stereocenters. The van der Waals surface area contributed by atoms with E-state index in [9.17, 15) is 4.79 Å². The number of anilines is 1. The molecule has 0 aromatic carbocycles. The molecule has 5 heteroatoms. The van der Waals surface area contributed by atoms with Gasteiger partial charge in [-0.3, -0.25) is 4.79 Å². The second kappa shape index (κ2) is 5.54. The quantitative estimate of drug-likeness (QED) is 0.838. The average Bonchev–Trinajstić information content (AvgIpc) is 3.15. The summed E-state index contributed by atoms with van der Waals surface area (Å²) in [5.74, 6) is 0.134. The van der Waals surface area contributed by atoms with E-state index in [0.29, 0.717) is 17.8 Å². The molecule has 3 fully saturated rings. The van der Waals surface area contributed by atoms with Crippen LogP contribution >= 0.6 is 0 Å². The zero-order valence-electron chi connectivity index (χ0n) is 13.1. The Balaban J connectivity index is 1.67. The lowest BCUT2D eigenvalue weighted by atomic mass is 10.0. The van der Waals surface area contributed by atoms with Crippen molar-refractivity contribution in [2.24, 2.45) is 0 Å². The highest BCUT2D eigenvalue weighted by atomic mass is 16.5. The standard InChI is InChI=1S/C17H23N3O2/c1-12-2-7-15(19-8-10-22-11-9-19)16(18-12)17(21)20-13-3-4-14(20)6-5-13/h2,7,13-14H,3-6,8-11H2,1H3. The Morgan fingerprint density at radius 2 is 1.77 bits per heavy atom. The number of morpholine rings is 1. The van der Waals surface area contributed by atoms with Gasteiger partial charge in [-0.2, -0.15) is 0 Å². The van der Waals surface area contributed by atoms with E-state index in [1.165, 1.54) is 0 Å². The van der Waals surface area contributed by atoms with Gasteiger partial charge >= 0.3 is 0 Å². The van der Waals surface area contributed by atoms with Crippen molar-refractivity contribution in [2.75, 3.05) is 31.2 Å². The molecule has 4 rings (SSSR count). The molecule has 0 spiro atoms. The molecule has 0 saturated carbocycles. The van der Waals surface area contributed by atoms with Gasteiger partial charge in [-0.05, 0) is 44.7 Å². The predicted octanol–water partition coefficient (Wildman–Crippen LogP) is 1.99. The highest BCUT2D eigenvalue weighted by Gasteiger charge is 2.43. The Morgan fingerprint density at radius 1 is 1.14 bits per heavy atom. The zero-order chi connectivity index (χ0) is 15.1. The molecule has 0 radical (unpaired) electrons. The van der Waals surface area contributed by atoms with Gasteiger partial charge in [-0.1, -0.05) is 0 Å². The molecular weight excluding hydrogens is 278 g/mol. The minimum absolute atomic E-state index is 0.134. The van der Waals surface area contributed by atoms with Crippen LogP contribution in [0.3, 0.4) is 0 Å². The summed E-state index contributed by atoms with van der Waals surface area (Å²) in [5.41, 5.74) is 2.53. The lowest BCUT2D eigenvalue weighted by Gasteiger charge is -2.31. The Bertz CT molecular complexity index is 563. The Morgan fingerprint density at radius 3 is 2.41 bits per heavy atom. The monoisotopic (exact) mass is 301 g/mol. The molecule has 3 aliphatic heterocycles. The molecule has 3 saturated heterocycles. The van der Waals surface area contributed by atoms with E-state index in [1.807, 2.05) is 13.0 Å². The molecular formula is C17H23N3O2. The third kappa shape index (κ3) is 2.28. The topological polar surface area (TPSA) is 45.7 Å². The first-order valence-electron chi connectivity index (χ1n) is 8.37. The molecule has 1 aromatic rings. The average molecular weight is 301 g/mol. The summed E-state index contributed by atoms with van der Waals surface area (Å²) >= 11 is 0. The predicted molar refractivity (Wildman–Crippen MR) is 84.2 cm³/mol. The van der Waals surface area contributed by atoms with Crippen LogP contribution in [0.25, 0.3) is 0 Å². The lowest BCUT2D eigenvalue weighted by molar-refractivity contribution is 0.0723. The number of hydrogen-bond acceptors (Lipinski definition) is 4. The summed E-state index contributed by atoms with van der Waals surface area (Å²) in [5, 5.41) is 0.